The fourth-order valence-electron chi connectivity index (χ4n) is 4.71. The van der Waals surface area contributed by atoms with E-state index in [9.17, 15) is 18.0 Å². The normalized spacial score (nSPS) is 25.4. The van der Waals surface area contributed by atoms with Crippen LogP contribution in [-0.4, -0.2) is 38.4 Å². The Kier molecular flexibility index (Phi) is 4.89. The van der Waals surface area contributed by atoms with Crippen molar-refractivity contribution in [3.05, 3.63) is 41.7 Å². The van der Waals surface area contributed by atoms with Crippen molar-refractivity contribution < 1.29 is 18.0 Å². The molecule has 1 aliphatic carbocycles. The standard InChI is InChI=1S/C20H23F3N4O/c1-13-10-11-26(17-8-4-2-6-14(13)17)19(28)16-12-27(25-24-16)18-9-5-3-7-15(18)20(21,22)23/h3,5,7,9,12-14,17H,2,4,6,8,10-11H2,1H3/t13-,14-,17-/m1/s1. The average molecular weight is 392 g/mol. The lowest BCUT2D eigenvalue weighted by Crippen LogP contribution is -2.52. The highest BCUT2D eigenvalue weighted by Crippen LogP contribution is 2.39. The molecule has 1 aliphatic heterocycles. The van der Waals surface area contributed by atoms with Gasteiger partial charge in [-0.15, -0.1) is 5.10 Å². The maximum atomic E-state index is 13.3. The second-order valence-corrected chi connectivity index (χ2v) is 7.84. The van der Waals surface area contributed by atoms with Crippen molar-refractivity contribution in [2.45, 2.75) is 51.2 Å². The number of carbonyl (C=O) groups is 1. The second-order valence-electron chi connectivity index (χ2n) is 7.84. The van der Waals surface area contributed by atoms with Crippen molar-refractivity contribution in [1.29, 1.82) is 0 Å². The van der Waals surface area contributed by atoms with Crippen LogP contribution in [0, 0.1) is 11.8 Å². The minimum Gasteiger partial charge on any atom is -0.334 e. The first-order valence-corrected chi connectivity index (χ1v) is 9.76. The molecular weight excluding hydrogens is 369 g/mol. The van der Waals surface area contributed by atoms with Gasteiger partial charge in [0.05, 0.1) is 17.4 Å². The first-order valence-electron chi connectivity index (χ1n) is 9.76. The Hall–Kier alpha value is -2.38. The van der Waals surface area contributed by atoms with Crippen molar-refractivity contribution in [3.63, 3.8) is 0 Å². The van der Waals surface area contributed by atoms with Crippen molar-refractivity contribution in [3.8, 4) is 5.69 Å². The number of alkyl halides is 3. The summed E-state index contributed by atoms with van der Waals surface area (Å²) < 4.78 is 40.9. The van der Waals surface area contributed by atoms with Crippen LogP contribution in [0.3, 0.4) is 0 Å². The summed E-state index contributed by atoms with van der Waals surface area (Å²) in [6.45, 7) is 2.91. The number of likely N-dealkylation sites (tertiary alicyclic amines) is 1. The molecule has 2 fully saturated rings. The summed E-state index contributed by atoms with van der Waals surface area (Å²) in [5.74, 6) is 0.843. The van der Waals surface area contributed by atoms with Gasteiger partial charge in [-0.2, -0.15) is 13.2 Å². The molecule has 1 saturated heterocycles. The molecule has 1 amide bonds. The first kappa shape index (κ1) is 19.0. The van der Waals surface area contributed by atoms with Gasteiger partial charge in [-0.05, 0) is 43.2 Å². The monoisotopic (exact) mass is 392 g/mol. The zero-order chi connectivity index (χ0) is 19.9. The van der Waals surface area contributed by atoms with Crippen molar-refractivity contribution in [2.24, 2.45) is 11.8 Å². The van der Waals surface area contributed by atoms with Crippen molar-refractivity contribution in [2.75, 3.05) is 6.54 Å². The van der Waals surface area contributed by atoms with Crippen LogP contribution in [0.1, 0.15) is 55.1 Å². The number of piperidine rings is 1. The zero-order valence-corrected chi connectivity index (χ0v) is 15.7. The van der Waals surface area contributed by atoms with Gasteiger partial charge in [-0.25, -0.2) is 4.68 Å². The van der Waals surface area contributed by atoms with E-state index >= 15 is 0 Å². The average Bonchev–Trinajstić information content (AvgIpc) is 3.17. The molecule has 1 aromatic carbocycles. The lowest BCUT2D eigenvalue weighted by molar-refractivity contribution is -0.137. The summed E-state index contributed by atoms with van der Waals surface area (Å²) in [6.07, 6.45) is 2.14. The zero-order valence-electron chi connectivity index (χ0n) is 15.7. The van der Waals surface area contributed by atoms with Crippen LogP contribution < -0.4 is 0 Å². The first-order chi connectivity index (χ1) is 13.4. The fraction of sp³-hybridized carbons (Fsp3) is 0.550. The molecule has 4 rings (SSSR count). The number of amides is 1. The summed E-state index contributed by atoms with van der Waals surface area (Å²) in [7, 11) is 0. The van der Waals surface area contributed by atoms with Crippen LogP contribution in [0.15, 0.2) is 30.5 Å². The number of nitrogens with zero attached hydrogens (tertiary/aromatic N) is 4. The Bertz CT molecular complexity index is 863. The largest absolute Gasteiger partial charge is 0.418 e. The highest BCUT2D eigenvalue weighted by Gasteiger charge is 2.40. The maximum Gasteiger partial charge on any atom is 0.418 e. The third kappa shape index (κ3) is 3.40. The van der Waals surface area contributed by atoms with E-state index in [-0.39, 0.29) is 23.3 Å². The van der Waals surface area contributed by atoms with Crippen molar-refractivity contribution >= 4 is 5.91 Å². The van der Waals surface area contributed by atoms with Gasteiger partial charge >= 0.3 is 6.18 Å². The van der Waals surface area contributed by atoms with E-state index in [4.69, 9.17) is 0 Å². The van der Waals surface area contributed by atoms with Crippen LogP contribution in [0.2, 0.25) is 0 Å². The predicted octanol–water partition coefficient (Wildman–Crippen LogP) is 4.33. The molecule has 8 heteroatoms. The quantitative estimate of drug-likeness (QED) is 0.765. The van der Waals surface area contributed by atoms with E-state index in [1.54, 1.807) is 0 Å². The van der Waals surface area contributed by atoms with Crippen molar-refractivity contribution in [1.82, 2.24) is 19.9 Å². The number of hydrogen-bond acceptors (Lipinski definition) is 3. The van der Waals surface area contributed by atoms with Gasteiger partial charge in [0, 0.05) is 12.6 Å². The van der Waals surface area contributed by atoms with E-state index in [0.29, 0.717) is 18.4 Å². The summed E-state index contributed by atoms with van der Waals surface area (Å²) in [4.78, 5) is 14.9. The maximum absolute atomic E-state index is 13.3. The van der Waals surface area contributed by atoms with E-state index in [0.717, 1.165) is 36.4 Å². The smallest absolute Gasteiger partial charge is 0.334 e. The van der Waals surface area contributed by atoms with Gasteiger partial charge in [0.1, 0.15) is 0 Å². The summed E-state index contributed by atoms with van der Waals surface area (Å²) in [5, 5.41) is 7.72. The van der Waals surface area contributed by atoms with Gasteiger partial charge in [0.25, 0.3) is 5.91 Å². The van der Waals surface area contributed by atoms with Crippen LogP contribution in [0.25, 0.3) is 5.69 Å². The molecule has 0 unspecified atom stereocenters. The Morgan fingerprint density at radius 2 is 1.89 bits per heavy atom. The molecule has 2 aliphatic rings. The fourth-order valence-corrected chi connectivity index (χ4v) is 4.71. The molecule has 2 heterocycles. The predicted molar refractivity (Wildman–Crippen MR) is 96.9 cm³/mol. The highest BCUT2D eigenvalue weighted by atomic mass is 19.4. The molecule has 2 aromatic rings. The summed E-state index contributed by atoms with van der Waals surface area (Å²) in [5.41, 5.74) is -0.849. The van der Waals surface area contributed by atoms with Crippen LogP contribution in [0.4, 0.5) is 13.2 Å². The van der Waals surface area contributed by atoms with Gasteiger partial charge < -0.3 is 4.90 Å². The number of rotatable bonds is 2. The molecule has 3 atom stereocenters. The molecule has 0 N–H and O–H groups in total. The van der Waals surface area contributed by atoms with Crippen LogP contribution in [0.5, 0.6) is 0 Å². The number of benzene rings is 1. The van der Waals surface area contributed by atoms with Gasteiger partial charge in [0.15, 0.2) is 5.69 Å². The number of hydrogen-bond donors (Lipinski definition) is 0. The number of aromatic nitrogens is 3. The minimum absolute atomic E-state index is 0.0934. The van der Waals surface area contributed by atoms with E-state index in [2.05, 4.69) is 17.2 Å². The third-order valence-corrected chi connectivity index (χ3v) is 6.17. The third-order valence-electron chi connectivity index (χ3n) is 6.17. The van der Waals surface area contributed by atoms with Gasteiger partial charge in [-0.3, -0.25) is 4.79 Å². The summed E-state index contributed by atoms with van der Waals surface area (Å²) in [6, 6.07) is 5.35. The second kappa shape index (κ2) is 7.22. The Morgan fingerprint density at radius 3 is 2.68 bits per heavy atom. The lowest BCUT2D eigenvalue weighted by Gasteiger charge is -2.47. The SMILES string of the molecule is C[C@@H]1CCN(C(=O)c2cn(-c3ccccc3C(F)(F)F)nn2)[C@@H]2CCCC[C@H]12. The Morgan fingerprint density at radius 1 is 1.14 bits per heavy atom. The van der Waals surface area contributed by atoms with Crippen LogP contribution >= 0.6 is 0 Å². The minimum atomic E-state index is -4.51. The number of halogens is 3. The van der Waals surface area contributed by atoms with Gasteiger partial charge in [-0.1, -0.05) is 37.1 Å². The van der Waals surface area contributed by atoms with E-state index < -0.39 is 11.7 Å². The van der Waals surface area contributed by atoms with E-state index in [1.807, 2.05) is 4.90 Å². The molecule has 0 radical (unpaired) electrons. The molecule has 1 aromatic heterocycles. The molecule has 0 spiro atoms. The molecule has 150 valence electrons. The van der Waals surface area contributed by atoms with Gasteiger partial charge in [0.2, 0.25) is 0 Å². The molecular formula is C20H23F3N4O. The molecule has 1 saturated carbocycles. The number of para-hydroxylation sites is 1. The Labute approximate surface area is 161 Å². The number of fused-ring (bicyclic) bond motifs is 1. The Balaban J connectivity index is 1.61. The topological polar surface area (TPSA) is 51.0 Å². The van der Waals surface area contributed by atoms with Crippen LogP contribution in [-0.2, 0) is 6.18 Å². The molecule has 28 heavy (non-hydrogen) atoms. The molecule has 0 bridgehead atoms. The number of carbonyl (C=O) groups excluding carboxylic acids is 1. The lowest BCUT2D eigenvalue weighted by atomic mass is 9.72. The summed E-state index contributed by atoms with van der Waals surface area (Å²) >= 11 is 0. The molecule has 5 nitrogen and oxygen atoms in total. The highest BCUT2D eigenvalue weighted by molar-refractivity contribution is 5.92. The van der Waals surface area contributed by atoms with E-state index in [1.165, 1.54) is 30.8 Å².